The number of nitrogens with zero attached hydrogens (tertiary/aromatic N) is 4. The highest BCUT2D eigenvalue weighted by Gasteiger charge is 2.30. The molecule has 0 amide bonds. The van der Waals surface area contributed by atoms with Crippen LogP contribution in [0.1, 0.15) is 56.8 Å². The lowest BCUT2D eigenvalue weighted by molar-refractivity contribution is 0.339. The summed E-state index contributed by atoms with van der Waals surface area (Å²) in [6.45, 7) is 0. The molecule has 5 nitrogen and oxygen atoms in total. The highest BCUT2D eigenvalue weighted by molar-refractivity contribution is 5.55. The molecule has 0 aliphatic heterocycles. The number of anilines is 2. The van der Waals surface area contributed by atoms with Crippen molar-refractivity contribution in [2.45, 2.75) is 50.1 Å². The number of para-hydroxylation sites is 1. The lowest BCUT2D eigenvalue weighted by Gasteiger charge is -2.13. The summed E-state index contributed by atoms with van der Waals surface area (Å²) < 4.78 is 15.4. The number of hydrogen-bond donors (Lipinski definition) is 1. The number of pyridine rings is 1. The number of alkyl halides is 1. The van der Waals surface area contributed by atoms with Crippen LogP contribution in [0.25, 0.3) is 5.69 Å². The fourth-order valence-corrected chi connectivity index (χ4v) is 3.79. The maximum atomic E-state index is 13.7. The van der Waals surface area contributed by atoms with Crippen LogP contribution < -0.4 is 5.32 Å². The SMILES string of the molecule is F[C@H]1CCC(c2cc(Nc3ncn(-c4ccccc4)n3)cc(C3CC3)n2)C1.[HH]. The van der Waals surface area contributed by atoms with E-state index in [2.05, 4.69) is 21.5 Å². The number of nitrogens with one attached hydrogen (secondary N) is 1. The minimum atomic E-state index is -0.693. The van der Waals surface area contributed by atoms with Crippen molar-refractivity contribution in [1.29, 1.82) is 0 Å². The second-order valence-electron chi connectivity index (χ2n) is 7.56. The molecule has 6 heteroatoms. The van der Waals surface area contributed by atoms with Gasteiger partial charge in [-0.1, -0.05) is 18.2 Å². The first kappa shape index (κ1) is 16.4. The quantitative estimate of drug-likeness (QED) is 0.680. The van der Waals surface area contributed by atoms with Crippen molar-refractivity contribution in [2.24, 2.45) is 0 Å². The molecule has 2 aliphatic rings. The molecule has 140 valence electrons. The van der Waals surface area contributed by atoms with Crippen LogP contribution in [0.5, 0.6) is 0 Å². The molecule has 27 heavy (non-hydrogen) atoms. The molecule has 2 aliphatic carbocycles. The Balaban J connectivity index is 0.00000192. The fourth-order valence-electron chi connectivity index (χ4n) is 3.79. The molecule has 0 bridgehead atoms. The summed E-state index contributed by atoms with van der Waals surface area (Å²) in [7, 11) is 0. The third-order valence-electron chi connectivity index (χ3n) is 5.42. The summed E-state index contributed by atoms with van der Waals surface area (Å²) in [5.41, 5.74) is 4.02. The normalized spacial score (nSPS) is 22.1. The van der Waals surface area contributed by atoms with E-state index in [1.165, 1.54) is 12.8 Å². The highest BCUT2D eigenvalue weighted by atomic mass is 19.1. The molecule has 1 aromatic carbocycles. The Labute approximate surface area is 159 Å². The van der Waals surface area contributed by atoms with Crippen LogP contribution in [0.4, 0.5) is 16.0 Å². The molecular formula is C21H24FN5. The van der Waals surface area contributed by atoms with Crippen molar-refractivity contribution in [1.82, 2.24) is 19.7 Å². The summed E-state index contributed by atoms with van der Waals surface area (Å²) in [5.74, 6) is 1.31. The van der Waals surface area contributed by atoms with Gasteiger partial charge in [-0.15, -0.1) is 5.10 Å². The van der Waals surface area contributed by atoms with Crippen LogP contribution >= 0.6 is 0 Å². The van der Waals surface area contributed by atoms with E-state index in [9.17, 15) is 4.39 Å². The first-order valence-corrected chi connectivity index (χ1v) is 9.64. The summed E-state index contributed by atoms with van der Waals surface area (Å²) in [6, 6.07) is 14.0. The average Bonchev–Trinajstić information content (AvgIpc) is 3.30. The van der Waals surface area contributed by atoms with Gasteiger partial charge in [0.05, 0.1) is 5.69 Å². The van der Waals surface area contributed by atoms with Gasteiger partial charge in [-0.3, -0.25) is 4.98 Å². The summed E-state index contributed by atoms with van der Waals surface area (Å²) in [6.07, 6.45) is 5.49. The van der Waals surface area contributed by atoms with E-state index in [4.69, 9.17) is 4.98 Å². The minimum absolute atomic E-state index is 0. The van der Waals surface area contributed by atoms with Crippen LogP contribution in [-0.2, 0) is 0 Å². The van der Waals surface area contributed by atoms with E-state index in [1.54, 1.807) is 11.0 Å². The first-order chi connectivity index (χ1) is 13.2. The van der Waals surface area contributed by atoms with E-state index < -0.39 is 6.17 Å². The average molecular weight is 365 g/mol. The number of halogens is 1. The van der Waals surface area contributed by atoms with Crippen molar-refractivity contribution < 1.29 is 5.82 Å². The van der Waals surface area contributed by atoms with Gasteiger partial charge < -0.3 is 5.32 Å². The molecule has 1 unspecified atom stereocenters. The Morgan fingerprint density at radius 1 is 1.00 bits per heavy atom. The van der Waals surface area contributed by atoms with Crippen molar-refractivity contribution in [3.63, 3.8) is 0 Å². The van der Waals surface area contributed by atoms with Crippen molar-refractivity contribution >= 4 is 11.6 Å². The van der Waals surface area contributed by atoms with E-state index in [0.717, 1.165) is 29.2 Å². The third kappa shape index (κ3) is 3.56. The van der Waals surface area contributed by atoms with Gasteiger partial charge >= 0.3 is 0 Å². The van der Waals surface area contributed by atoms with E-state index >= 15 is 0 Å². The van der Waals surface area contributed by atoms with E-state index in [1.807, 2.05) is 36.4 Å². The lowest BCUT2D eigenvalue weighted by Crippen LogP contribution is -2.04. The van der Waals surface area contributed by atoms with Crippen molar-refractivity contribution in [3.05, 3.63) is 60.2 Å². The Morgan fingerprint density at radius 2 is 1.74 bits per heavy atom. The highest BCUT2D eigenvalue weighted by Crippen LogP contribution is 2.42. The van der Waals surface area contributed by atoms with Gasteiger partial charge in [0.15, 0.2) is 0 Å². The summed E-state index contributed by atoms with van der Waals surface area (Å²) in [5, 5.41) is 7.83. The monoisotopic (exact) mass is 365 g/mol. The maximum Gasteiger partial charge on any atom is 0.246 e. The zero-order valence-corrected chi connectivity index (χ0v) is 15.1. The Morgan fingerprint density at radius 3 is 2.44 bits per heavy atom. The van der Waals surface area contributed by atoms with Crippen LogP contribution in [0.3, 0.4) is 0 Å². The Hall–Kier alpha value is -2.76. The second-order valence-corrected chi connectivity index (χ2v) is 7.56. The van der Waals surface area contributed by atoms with Crippen molar-refractivity contribution in [2.75, 3.05) is 5.32 Å². The van der Waals surface area contributed by atoms with Gasteiger partial charge in [0.25, 0.3) is 0 Å². The number of hydrogen-bond acceptors (Lipinski definition) is 4. The predicted molar refractivity (Wildman–Crippen MR) is 104 cm³/mol. The third-order valence-corrected chi connectivity index (χ3v) is 5.42. The molecule has 0 saturated heterocycles. The number of benzene rings is 1. The molecule has 0 radical (unpaired) electrons. The molecule has 1 N–H and O–H groups in total. The molecule has 2 heterocycles. The Kier molecular flexibility index (Phi) is 4.11. The largest absolute Gasteiger partial charge is 0.323 e. The van der Waals surface area contributed by atoms with Gasteiger partial charge in [-0.25, -0.2) is 9.07 Å². The molecule has 5 rings (SSSR count). The zero-order chi connectivity index (χ0) is 18.2. The van der Waals surface area contributed by atoms with E-state index in [0.29, 0.717) is 24.7 Å². The fraction of sp³-hybridized carbons (Fsp3) is 0.381. The van der Waals surface area contributed by atoms with Crippen molar-refractivity contribution in [3.8, 4) is 5.69 Å². The smallest absolute Gasteiger partial charge is 0.246 e. The van der Waals surface area contributed by atoms with Gasteiger partial charge in [-0.05, 0) is 56.4 Å². The Bertz CT molecular complexity index is 941. The molecule has 2 atom stereocenters. The molecule has 0 spiro atoms. The molecule has 2 saturated carbocycles. The van der Waals surface area contributed by atoms with Gasteiger partial charge in [-0.2, -0.15) is 4.98 Å². The second kappa shape index (κ2) is 6.76. The molecule has 2 fully saturated rings. The summed E-state index contributed by atoms with van der Waals surface area (Å²) in [4.78, 5) is 9.23. The summed E-state index contributed by atoms with van der Waals surface area (Å²) >= 11 is 0. The first-order valence-electron chi connectivity index (χ1n) is 9.64. The minimum Gasteiger partial charge on any atom is -0.323 e. The van der Waals surface area contributed by atoms with Crippen LogP contribution in [-0.4, -0.2) is 25.9 Å². The number of rotatable bonds is 5. The van der Waals surface area contributed by atoms with Crippen LogP contribution in [0.2, 0.25) is 0 Å². The van der Waals surface area contributed by atoms with E-state index in [-0.39, 0.29) is 7.34 Å². The van der Waals surface area contributed by atoms with Crippen LogP contribution in [0, 0.1) is 0 Å². The van der Waals surface area contributed by atoms with Gasteiger partial charge in [0.1, 0.15) is 12.5 Å². The topological polar surface area (TPSA) is 55.6 Å². The molecule has 2 aromatic heterocycles. The zero-order valence-electron chi connectivity index (χ0n) is 15.1. The lowest BCUT2D eigenvalue weighted by atomic mass is 10.0. The standard InChI is InChI=1S/C21H22FN5.H2/c22-16-9-8-15(10-16)20-12-17(11-19(25-20)14-6-7-14)24-21-23-13-27(26-21)18-4-2-1-3-5-18;/h1-5,11-16H,6-10H2,(H,24,25,26);1H/t15?,16-;/m0./s1. The predicted octanol–water partition coefficient (Wildman–Crippen LogP) is 5.13. The van der Waals surface area contributed by atoms with Crippen LogP contribution in [0.15, 0.2) is 48.8 Å². The molecule has 3 aromatic rings. The molecular weight excluding hydrogens is 341 g/mol. The number of aromatic nitrogens is 4. The van der Waals surface area contributed by atoms with Gasteiger partial charge in [0.2, 0.25) is 5.95 Å². The van der Waals surface area contributed by atoms with Gasteiger partial charge in [0, 0.05) is 30.3 Å². The maximum absolute atomic E-state index is 13.7.